The van der Waals surface area contributed by atoms with Gasteiger partial charge in [0.25, 0.3) is 5.91 Å². The number of aliphatic carboxylic acids is 1. The molecule has 0 aliphatic heterocycles. The summed E-state index contributed by atoms with van der Waals surface area (Å²) in [7, 11) is 0. The first-order chi connectivity index (χ1) is 10.8. The van der Waals surface area contributed by atoms with Crippen molar-refractivity contribution >= 4 is 11.9 Å². The molecule has 1 aromatic carbocycles. The predicted octanol–water partition coefficient (Wildman–Crippen LogP) is 2.22. The number of aryl methyl sites for hydroxylation is 1. The number of hydrogen-bond donors (Lipinski definition) is 2. The largest absolute Gasteiger partial charge is 0.481 e. The number of nitrogens with zero attached hydrogens (tertiary/aromatic N) is 2. The minimum Gasteiger partial charge on any atom is -0.481 e. The maximum Gasteiger partial charge on any atom is 0.305 e. The molecule has 23 heavy (non-hydrogen) atoms. The highest BCUT2D eigenvalue weighted by Crippen LogP contribution is 2.18. The lowest BCUT2D eigenvalue weighted by Crippen LogP contribution is -2.34. The van der Waals surface area contributed by atoms with E-state index in [1.54, 1.807) is 37.6 Å². The molecule has 6 nitrogen and oxygen atoms in total. The SMILES string of the molecule is Cc1nn(-c2ccc(F)cc2)c(C)c1C(=O)NC(C)CC(=O)O. The zero-order valence-electron chi connectivity index (χ0n) is 13.1. The highest BCUT2D eigenvalue weighted by molar-refractivity contribution is 5.96. The second kappa shape index (κ2) is 6.60. The van der Waals surface area contributed by atoms with Gasteiger partial charge in [0.1, 0.15) is 5.82 Å². The summed E-state index contributed by atoms with van der Waals surface area (Å²) in [6.45, 7) is 5.06. The summed E-state index contributed by atoms with van der Waals surface area (Å²) >= 11 is 0. The van der Waals surface area contributed by atoms with Crippen LogP contribution in [0.25, 0.3) is 5.69 Å². The lowest BCUT2D eigenvalue weighted by Gasteiger charge is -2.12. The third kappa shape index (κ3) is 3.74. The number of carbonyl (C=O) groups excluding carboxylic acids is 1. The highest BCUT2D eigenvalue weighted by atomic mass is 19.1. The molecule has 0 saturated carbocycles. The van der Waals surface area contributed by atoms with Crippen LogP contribution in [0.3, 0.4) is 0 Å². The van der Waals surface area contributed by atoms with Crippen LogP contribution in [0.5, 0.6) is 0 Å². The molecule has 1 atom stereocenters. The van der Waals surface area contributed by atoms with E-state index in [1.807, 2.05) is 0 Å². The molecule has 7 heteroatoms. The summed E-state index contributed by atoms with van der Waals surface area (Å²) in [6, 6.07) is 5.29. The fourth-order valence-corrected chi connectivity index (χ4v) is 2.41. The van der Waals surface area contributed by atoms with E-state index >= 15 is 0 Å². The Morgan fingerprint density at radius 3 is 2.48 bits per heavy atom. The molecule has 2 aromatic rings. The normalized spacial score (nSPS) is 12.0. The molecule has 0 spiro atoms. The first-order valence-electron chi connectivity index (χ1n) is 7.14. The summed E-state index contributed by atoms with van der Waals surface area (Å²) in [5.74, 6) is -1.70. The van der Waals surface area contributed by atoms with Gasteiger partial charge in [-0.15, -0.1) is 0 Å². The van der Waals surface area contributed by atoms with Gasteiger partial charge in [-0.2, -0.15) is 5.10 Å². The average molecular weight is 319 g/mol. The first-order valence-corrected chi connectivity index (χ1v) is 7.14. The molecular weight excluding hydrogens is 301 g/mol. The molecule has 2 rings (SSSR count). The Morgan fingerprint density at radius 1 is 1.30 bits per heavy atom. The van der Waals surface area contributed by atoms with E-state index in [0.29, 0.717) is 22.6 Å². The van der Waals surface area contributed by atoms with Crippen molar-refractivity contribution < 1.29 is 19.1 Å². The van der Waals surface area contributed by atoms with Gasteiger partial charge >= 0.3 is 5.97 Å². The van der Waals surface area contributed by atoms with E-state index in [0.717, 1.165) is 0 Å². The van der Waals surface area contributed by atoms with Crippen LogP contribution in [0.1, 0.15) is 35.1 Å². The monoisotopic (exact) mass is 319 g/mol. The van der Waals surface area contributed by atoms with Crippen LogP contribution in [-0.2, 0) is 4.79 Å². The van der Waals surface area contributed by atoms with E-state index in [9.17, 15) is 14.0 Å². The van der Waals surface area contributed by atoms with Gasteiger partial charge in [0.2, 0.25) is 0 Å². The molecule has 0 radical (unpaired) electrons. The number of benzene rings is 1. The van der Waals surface area contributed by atoms with Crippen LogP contribution in [0.15, 0.2) is 24.3 Å². The third-order valence-corrected chi connectivity index (χ3v) is 3.45. The van der Waals surface area contributed by atoms with Crippen molar-refractivity contribution in [1.82, 2.24) is 15.1 Å². The number of amides is 1. The van der Waals surface area contributed by atoms with Crippen molar-refractivity contribution in [3.05, 3.63) is 47.0 Å². The number of nitrogens with one attached hydrogen (secondary N) is 1. The average Bonchev–Trinajstić information content (AvgIpc) is 2.73. The Bertz CT molecular complexity index is 738. The molecule has 1 heterocycles. The number of aromatic nitrogens is 2. The zero-order chi connectivity index (χ0) is 17.1. The van der Waals surface area contributed by atoms with Crippen molar-refractivity contribution in [2.45, 2.75) is 33.2 Å². The molecule has 0 saturated heterocycles. The number of carboxylic acids is 1. The molecule has 0 fully saturated rings. The van der Waals surface area contributed by atoms with Crippen LogP contribution in [0.4, 0.5) is 4.39 Å². The van der Waals surface area contributed by atoms with Gasteiger partial charge in [-0.05, 0) is 45.0 Å². The minimum atomic E-state index is -0.978. The summed E-state index contributed by atoms with van der Waals surface area (Å²) < 4.78 is 14.6. The molecule has 1 aromatic heterocycles. The van der Waals surface area contributed by atoms with Crippen LogP contribution in [0.2, 0.25) is 0 Å². The second-order valence-corrected chi connectivity index (χ2v) is 5.41. The van der Waals surface area contributed by atoms with Gasteiger partial charge in [-0.3, -0.25) is 9.59 Å². The Labute approximate surface area is 132 Å². The van der Waals surface area contributed by atoms with Crippen LogP contribution < -0.4 is 5.32 Å². The Balaban J connectivity index is 2.28. The van der Waals surface area contributed by atoms with Crippen molar-refractivity contribution in [2.24, 2.45) is 0 Å². The van der Waals surface area contributed by atoms with Crippen LogP contribution >= 0.6 is 0 Å². The third-order valence-electron chi connectivity index (χ3n) is 3.45. The standard InChI is InChI=1S/C16H18FN3O3/c1-9(8-14(21)22)18-16(23)15-10(2)19-20(11(15)3)13-6-4-12(17)5-7-13/h4-7,9H,8H2,1-3H3,(H,18,23)(H,21,22). The molecule has 0 aliphatic carbocycles. The summed E-state index contributed by atoms with van der Waals surface area (Å²) in [5.41, 5.74) is 2.16. The van der Waals surface area contributed by atoms with Gasteiger partial charge in [0.05, 0.1) is 29.1 Å². The van der Waals surface area contributed by atoms with E-state index < -0.39 is 12.0 Å². The Morgan fingerprint density at radius 2 is 1.91 bits per heavy atom. The summed E-state index contributed by atoms with van der Waals surface area (Å²) in [6.07, 6.45) is -0.157. The minimum absolute atomic E-state index is 0.157. The number of carboxylic acid groups (broad SMARTS) is 1. The topological polar surface area (TPSA) is 84.2 Å². The summed E-state index contributed by atoms with van der Waals surface area (Å²) in [5, 5.41) is 15.7. The van der Waals surface area contributed by atoms with Gasteiger partial charge in [-0.25, -0.2) is 9.07 Å². The van der Waals surface area contributed by atoms with Crippen molar-refractivity contribution in [1.29, 1.82) is 0 Å². The van der Waals surface area contributed by atoms with Crippen LogP contribution in [0, 0.1) is 19.7 Å². The van der Waals surface area contributed by atoms with Crippen molar-refractivity contribution in [2.75, 3.05) is 0 Å². The lowest BCUT2D eigenvalue weighted by molar-refractivity contribution is -0.137. The fourth-order valence-electron chi connectivity index (χ4n) is 2.41. The van der Waals surface area contributed by atoms with E-state index in [1.165, 1.54) is 12.1 Å². The van der Waals surface area contributed by atoms with E-state index in [-0.39, 0.29) is 18.1 Å². The Hall–Kier alpha value is -2.70. The lowest BCUT2D eigenvalue weighted by atomic mass is 10.1. The molecule has 0 bridgehead atoms. The summed E-state index contributed by atoms with van der Waals surface area (Å²) in [4.78, 5) is 23.0. The number of hydrogen-bond acceptors (Lipinski definition) is 3. The van der Waals surface area contributed by atoms with Crippen molar-refractivity contribution in [3.63, 3.8) is 0 Å². The molecule has 122 valence electrons. The molecular formula is C16H18FN3O3. The number of rotatable bonds is 5. The number of halogens is 1. The molecule has 0 aliphatic rings. The van der Waals surface area contributed by atoms with Gasteiger partial charge in [-0.1, -0.05) is 0 Å². The predicted molar refractivity (Wildman–Crippen MR) is 82.2 cm³/mol. The highest BCUT2D eigenvalue weighted by Gasteiger charge is 2.21. The van der Waals surface area contributed by atoms with Crippen molar-refractivity contribution in [3.8, 4) is 5.69 Å². The molecule has 2 N–H and O–H groups in total. The number of carbonyl (C=O) groups is 2. The second-order valence-electron chi connectivity index (χ2n) is 5.41. The molecule has 1 amide bonds. The van der Waals surface area contributed by atoms with Gasteiger partial charge in [0, 0.05) is 6.04 Å². The smallest absolute Gasteiger partial charge is 0.305 e. The first kappa shape index (κ1) is 16.7. The van der Waals surface area contributed by atoms with Gasteiger partial charge in [0.15, 0.2) is 0 Å². The quantitative estimate of drug-likeness (QED) is 0.885. The maximum atomic E-state index is 13.0. The molecule has 1 unspecified atom stereocenters. The zero-order valence-corrected chi connectivity index (χ0v) is 13.1. The van der Waals surface area contributed by atoms with E-state index in [2.05, 4.69) is 10.4 Å². The van der Waals surface area contributed by atoms with E-state index in [4.69, 9.17) is 5.11 Å². The fraction of sp³-hybridized carbons (Fsp3) is 0.312. The maximum absolute atomic E-state index is 13.0. The van der Waals surface area contributed by atoms with Gasteiger partial charge < -0.3 is 10.4 Å². The van der Waals surface area contributed by atoms with Crippen LogP contribution in [-0.4, -0.2) is 32.8 Å². The Kier molecular flexibility index (Phi) is 4.78.